The second-order valence-corrected chi connectivity index (χ2v) is 7.63. The third kappa shape index (κ3) is 3.09. The summed E-state index contributed by atoms with van der Waals surface area (Å²) in [5.74, 6) is 1.99. The summed E-state index contributed by atoms with van der Waals surface area (Å²) in [6, 6.07) is 10.3. The van der Waals surface area contributed by atoms with E-state index in [0.29, 0.717) is 6.42 Å². The first kappa shape index (κ1) is 15.8. The number of rotatable bonds is 3. The van der Waals surface area contributed by atoms with Crippen LogP contribution in [-0.2, 0) is 13.0 Å². The van der Waals surface area contributed by atoms with Crippen LogP contribution in [-0.4, -0.2) is 28.4 Å². The first-order chi connectivity index (χ1) is 11.8. The largest absolute Gasteiger partial charge is 0.356 e. The van der Waals surface area contributed by atoms with Gasteiger partial charge >= 0.3 is 0 Å². The van der Waals surface area contributed by atoms with Gasteiger partial charge in [0.15, 0.2) is 5.16 Å². The molecule has 4 rings (SSSR count). The average molecular weight is 341 g/mol. The van der Waals surface area contributed by atoms with Crippen molar-refractivity contribution in [1.82, 2.24) is 9.55 Å². The number of hydrogen-bond acceptors (Lipinski definition) is 4. The second-order valence-electron chi connectivity index (χ2n) is 6.57. The number of benzene rings is 1. The Morgan fingerprint density at radius 2 is 1.79 bits per heavy atom. The summed E-state index contributed by atoms with van der Waals surface area (Å²) in [6.07, 6.45) is 5.38. The number of aromatic nitrogens is 2. The SMILES string of the molecule is O=c1c(Cc2ccccc2)c(N2CCCCC2)nc2n1CCCS2. The van der Waals surface area contributed by atoms with Gasteiger partial charge < -0.3 is 4.90 Å². The molecule has 0 aliphatic carbocycles. The van der Waals surface area contributed by atoms with Gasteiger partial charge in [0.25, 0.3) is 5.56 Å². The van der Waals surface area contributed by atoms with Crippen LogP contribution >= 0.6 is 11.8 Å². The number of fused-ring (bicyclic) bond motifs is 1. The second kappa shape index (κ2) is 7.01. The van der Waals surface area contributed by atoms with Crippen LogP contribution in [0.3, 0.4) is 0 Å². The third-order valence-corrected chi connectivity index (χ3v) is 5.90. The highest BCUT2D eigenvalue weighted by molar-refractivity contribution is 7.99. The Morgan fingerprint density at radius 3 is 2.58 bits per heavy atom. The van der Waals surface area contributed by atoms with Crippen molar-refractivity contribution in [3.8, 4) is 0 Å². The molecule has 0 N–H and O–H groups in total. The fourth-order valence-electron chi connectivity index (χ4n) is 3.58. The topological polar surface area (TPSA) is 38.1 Å². The zero-order valence-corrected chi connectivity index (χ0v) is 14.7. The van der Waals surface area contributed by atoms with Gasteiger partial charge in [-0.25, -0.2) is 4.98 Å². The fraction of sp³-hybridized carbons (Fsp3) is 0.474. The number of anilines is 1. The Bertz CT molecular complexity index is 766. The highest BCUT2D eigenvalue weighted by Crippen LogP contribution is 2.28. The van der Waals surface area contributed by atoms with Crippen LogP contribution in [0.2, 0.25) is 0 Å². The van der Waals surface area contributed by atoms with Gasteiger partial charge in [0.2, 0.25) is 0 Å². The Labute approximate surface area is 146 Å². The molecule has 0 saturated carbocycles. The zero-order chi connectivity index (χ0) is 16.4. The molecule has 5 heteroatoms. The van der Waals surface area contributed by atoms with E-state index in [1.54, 1.807) is 11.8 Å². The molecule has 4 nitrogen and oxygen atoms in total. The lowest BCUT2D eigenvalue weighted by Crippen LogP contribution is -2.37. The van der Waals surface area contributed by atoms with E-state index in [1.807, 2.05) is 22.8 Å². The van der Waals surface area contributed by atoms with Crippen LogP contribution in [0.15, 0.2) is 40.3 Å². The van der Waals surface area contributed by atoms with Crippen LogP contribution in [0.5, 0.6) is 0 Å². The molecule has 24 heavy (non-hydrogen) atoms. The van der Waals surface area contributed by atoms with E-state index in [-0.39, 0.29) is 5.56 Å². The minimum Gasteiger partial charge on any atom is -0.356 e. The summed E-state index contributed by atoms with van der Waals surface area (Å²) in [4.78, 5) is 20.4. The van der Waals surface area contributed by atoms with Gasteiger partial charge in [0, 0.05) is 31.8 Å². The lowest BCUT2D eigenvalue weighted by molar-refractivity contribution is 0.536. The standard InChI is InChI=1S/C19H23N3OS/c23-18-16(14-15-8-3-1-4-9-15)17(21-10-5-2-6-11-21)20-19-22(18)12-7-13-24-19/h1,3-4,8-9H,2,5-7,10-14H2. The van der Waals surface area contributed by atoms with Gasteiger partial charge in [0.05, 0.1) is 5.56 Å². The Kier molecular flexibility index (Phi) is 4.60. The van der Waals surface area contributed by atoms with E-state index in [1.165, 1.54) is 24.8 Å². The quantitative estimate of drug-likeness (QED) is 0.803. The number of nitrogens with zero attached hydrogens (tertiary/aromatic N) is 3. The number of hydrogen-bond donors (Lipinski definition) is 0. The van der Waals surface area contributed by atoms with E-state index in [9.17, 15) is 4.79 Å². The summed E-state index contributed by atoms with van der Waals surface area (Å²) < 4.78 is 1.89. The normalized spacial score (nSPS) is 17.6. The number of thioether (sulfide) groups is 1. The molecular formula is C19H23N3OS. The van der Waals surface area contributed by atoms with Crippen molar-refractivity contribution in [3.05, 3.63) is 51.8 Å². The van der Waals surface area contributed by atoms with Gasteiger partial charge in [-0.3, -0.25) is 9.36 Å². The summed E-state index contributed by atoms with van der Waals surface area (Å²) in [5, 5.41) is 0.906. The molecule has 2 aliphatic rings. The highest BCUT2D eigenvalue weighted by atomic mass is 32.2. The first-order valence-corrected chi connectivity index (χ1v) is 9.87. The van der Waals surface area contributed by atoms with Gasteiger partial charge in [0.1, 0.15) is 5.82 Å². The predicted molar refractivity (Wildman–Crippen MR) is 99.2 cm³/mol. The molecule has 126 valence electrons. The van der Waals surface area contributed by atoms with Gasteiger partial charge in [-0.1, -0.05) is 42.1 Å². The van der Waals surface area contributed by atoms with Crippen molar-refractivity contribution in [2.24, 2.45) is 0 Å². The molecule has 0 radical (unpaired) electrons. The summed E-state index contributed by atoms with van der Waals surface area (Å²) >= 11 is 1.72. The average Bonchev–Trinajstić information content (AvgIpc) is 2.65. The van der Waals surface area contributed by atoms with Gasteiger partial charge in [-0.2, -0.15) is 0 Å². The number of piperidine rings is 1. The van der Waals surface area contributed by atoms with E-state index < -0.39 is 0 Å². The van der Waals surface area contributed by atoms with E-state index in [4.69, 9.17) is 4.98 Å². The van der Waals surface area contributed by atoms with Crippen molar-refractivity contribution in [1.29, 1.82) is 0 Å². The van der Waals surface area contributed by atoms with Crippen LogP contribution in [0, 0.1) is 0 Å². The predicted octanol–water partition coefficient (Wildman–Crippen LogP) is 3.32. The molecule has 0 amide bonds. The van der Waals surface area contributed by atoms with Crippen molar-refractivity contribution in [2.75, 3.05) is 23.7 Å². The lowest BCUT2D eigenvalue weighted by atomic mass is 10.0. The van der Waals surface area contributed by atoms with Crippen molar-refractivity contribution < 1.29 is 0 Å². The maximum absolute atomic E-state index is 13.2. The van der Waals surface area contributed by atoms with Crippen LogP contribution in [0.25, 0.3) is 0 Å². The molecule has 1 fully saturated rings. The Morgan fingerprint density at radius 1 is 1.00 bits per heavy atom. The lowest BCUT2D eigenvalue weighted by Gasteiger charge is -2.31. The molecule has 1 saturated heterocycles. The zero-order valence-electron chi connectivity index (χ0n) is 13.9. The van der Waals surface area contributed by atoms with Crippen molar-refractivity contribution >= 4 is 17.6 Å². The molecule has 3 heterocycles. The molecule has 0 bridgehead atoms. The maximum Gasteiger partial charge on any atom is 0.259 e. The van der Waals surface area contributed by atoms with Gasteiger partial charge in [-0.05, 0) is 31.2 Å². The summed E-state index contributed by atoms with van der Waals surface area (Å²) in [5.41, 5.74) is 2.21. The summed E-state index contributed by atoms with van der Waals surface area (Å²) in [7, 11) is 0. The van der Waals surface area contributed by atoms with Crippen molar-refractivity contribution in [3.63, 3.8) is 0 Å². The monoisotopic (exact) mass is 341 g/mol. The van der Waals surface area contributed by atoms with Crippen molar-refractivity contribution in [2.45, 2.75) is 43.8 Å². The van der Waals surface area contributed by atoms with E-state index in [2.05, 4.69) is 17.0 Å². The highest BCUT2D eigenvalue weighted by Gasteiger charge is 2.24. The van der Waals surface area contributed by atoms with Crippen LogP contribution in [0.1, 0.15) is 36.8 Å². The minimum absolute atomic E-state index is 0.164. The molecule has 0 atom stereocenters. The molecule has 0 unspecified atom stereocenters. The molecule has 1 aromatic carbocycles. The Hall–Kier alpha value is -1.75. The smallest absolute Gasteiger partial charge is 0.259 e. The Balaban J connectivity index is 1.80. The molecule has 2 aromatic rings. The van der Waals surface area contributed by atoms with Crippen LogP contribution in [0.4, 0.5) is 5.82 Å². The molecule has 0 spiro atoms. The minimum atomic E-state index is 0.164. The summed E-state index contributed by atoms with van der Waals surface area (Å²) in [6.45, 7) is 2.83. The molecular weight excluding hydrogens is 318 g/mol. The third-order valence-electron chi connectivity index (χ3n) is 4.84. The molecule has 1 aromatic heterocycles. The van der Waals surface area contributed by atoms with Gasteiger partial charge in [-0.15, -0.1) is 0 Å². The van der Waals surface area contributed by atoms with Crippen LogP contribution < -0.4 is 10.5 Å². The first-order valence-electron chi connectivity index (χ1n) is 8.88. The van der Waals surface area contributed by atoms with E-state index in [0.717, 1.165) is 48.3 Å². The fourth-order valence-corrected chi connectivity index (χ4v) is 4.52. The van der Waals surface area contributed by atoms with E-state index >= 15 is 0 Å². The maximum atomic E-state index is 13.2. The molecule has 2 aliphatic heterocycles.